The van der Waals surface area contributed by atoms with Crippen LogP contribution in [0.15, 0.2) is 52.9 Å². The standard InChI is InChI=1S/C23H23ClFN3O2/c1-15(16-3-9-19(25)10-4-16)26-20(29)11-12-21-27-28-22(30-21)23(13-2-14-23)17-5-7-18(24)8-6-17/h3-10,15H,2,11-14H2,1H3,(H,26,29). The zero-order valence-electron chi connectivity index (χ0n) is 16.7. The maximum absolute atomic E-state index is 13.0. The van der Waals surface area contributed by atoms with Crippen LogP contribution >= 0.6 is 11.6 Å². The molecule has 1 heterocycles. The number of carbonyl (C=O) groups is 1. The maximum atomic E-state index is 13.0. The van der Waals surface area contributed by atoms with Gasteiger partial charge in [-0.05, 0) is 55.2 Å². The van der Waals surface area contributed by atoms with Crippen LogP contribution in [0.5, 0.6) is 0 Å². The van der Waals surface area contributed by atoms with Crippen molar-refractivity contribution in [3.05, 3.63) is 82.3 Å². The van der Waals surface area contributed by atoms with Crippen LogP contribution in [0.2, 0.25) is 5.02 Å². The van der Waals surface area contributed by atoms with Crippen molar-refractivity contribution in [3.63, 3.8) is 0 Å². The van der Waals surface area contributed by atoms with E-state index in [4.69, 9.17) is 16.0 Å². The van der Waals surface area contributed by atoms with Gasteiger partial charge in [0.25, 0.3) is 0 Å². The van der Waals surface area contributed by atoms with Gasteiger partial charge in [-0.2, -0.15) is 0 Å². The predicted octanol–water partition coefficient (Wildman–Crippen LogP) is 5.14. The molecule has 7 heteroatoms. The Morgan fingerprint density at radius 1 is 1.17 bits per heavy atom. The maximum Gasteiger partial charge on any atom is 0.227 e. The Labute approximate surface area is 179 Å². The van der Waals surface area contributed by atoms with Crippen LogP contribution in [-0.2, 0) is 16.6 Å². The van der Waals surface area contributed by atoms with E-state index in [1.165, 1.54) is 12.1 Å². The summed E-state index contributed by atoms with van der Waals surface area (Å²) in [6.45, 7) is 1.86. The molecule has 5 nitrogen and oxygen atoms in total. The highest BCUT2D eigenvalue weighted by Gasteiger charge is 2.45. The zero-order valence-corrected chi connectivity index (χ0v) is 17.5. The lowest BCUT2D eigenvalue weighted by Gasteiger charge is -2.39. The highest BCUT2D eigenvalue weighted by atomic mass is 35.5. The molecule has 3 aromatic rings. The van der Waals surface area contributed by atoms with Crippen molar-refractivity contribution < 1.29 is 13.6 Å². The number of halogens is 2. The predicted molar refractivity (Wildman–Crippen MR) is 112 cm³/mol. The normalized spacial score (nSPS) is 16.0. The number of rotatable bonds is 7. The van der Waals surface area contributed by atoms with Crippen LogP contribution in [0.3, 0.4) is 0 Å². The molecule has 0 aliphatic heterocycles. The van der Waals surface area contributed by atoms with Crippen molar-refractivity contribution in [1.29, 1.82) is 0 Å². The number of benzene rings is 2. The molecule has 1 aromatic heterocycles. The minimum atomic E-state index is -0.299. The fourth-order valence-electron chi connectivity index (χ4n) is 3.84. The Kier molecular flexibility index (Phi) is 5.86. The first kappa shape index (κ1) is 20.5. The summed E-state index contributed by atoms with van der Waals surface area (Å²) in [5.41, 5.74) is 1.72. The largest absolute Gasteiger partial charge is 0.424 e. The first-order valence-electron chi connectivity index (χ1n) is 10.1. The molecule has 4 rings (SSSR count). The molecular formula is C23H23ClFN3O2. The van der Waals surface area contributed by atoms with E-state index in [1.54, 1.807) is 12.1 Å². The molecule has 1 N–H and O–H groups in total. The molecule has 1 atom stereocenters. The molecule has 1 amide bonds. The minimum Gasteiger partial charge on any atom is -0.424 e. The third kappa shape index (κ3) is 4.24. The second-order valence-electron chi connectivity index (χ2n) is 7.78. The van der Waals surface area contributed by atoms with Gasteiger partial charge in [-0.1, -0.05) is 42.3 Å². The highest BCUT2D eigenvalue weighted by Crippen LogP contribution is 2.48. The Balaban J connectivity index is 1.37. The van der Waals surface area contributed by atoms with Gasteiger partial charge < -0.3 is 9.73 Å². The lowest BCUT2D eigenvalue weighted by Crippen LogP contribution is -2.35. The molecule has 1 saturated carbocycles. The third-order valence-electron chi connectivity index (χ3n) is 5.79. The third-order valence-corrected chi connectivity index (χ3v) is 6.05. The fraction of sp³-hybridized carbons (Fsp3) is 0.348. The summed E-state index contributed by atoms with van der Waals surface area (Å²) in [7, 11) is 0. The van der Waals surface area contributed by atoms with Gasteiger partial charge in [0.2, 0.25) is 17.7 Å². The summed E-state index contributed by atoms with van der Waals surface area (Å²) >= 11 is 6.02. The van der Waals surface area contributed by atoms with Gasteiger partial charge >= 0.3 is 0 Å². The van der Waals surface area contributed by atoms with Crippen LogP contribution in [0.25, 0.3) is 0 Å². The zero-order chi connectivity index (χ0) is 21.1. The Morgan fingerprint density at radius 2 is 1.87 bits per heavy atom. The average molecular weight is 428 g/mol. The van der Waals surface area contributed by atoms with Gasteiger partial charge in [0, 0.05) is 17.9 Å². The smallest absolute Gasteiger partial charge is 0.227 e. The fourth-order valence-corrected chi connectivity index (χ4v) is 3.97. The molecule has 0 spiro atoms. The summed E-state index contributed by atoms with van der Waals surface area (Å²) < 4.78 is 19.0. The summed E-state index contributed by atoms with van der Waals surface area (Å²) in [6, 6.07) is 13.7. The number of hydrogen-bond acceptors (Lipinski definition) is 4. The van der Waals surface area contributed by atoms with Gasteiger partial charge in [0.15, 0.2) is 0 Å². The molecule has 0 radical (unpaired) electrons. The van der Waals surface area contributed by atoms with E-state index in [0.717, 1.165) is 30.4 Å². The van der Waals surface area contributed by atoms with Crippen molar-refractivity contribution in [2.45, 2.75) is 50.5 Å². The van der Waals surface area contributed by atoms with Crippen LogP contribution in [0, 0.1) is 5.82 Å². The average Bonchev–Trinajstić information content (AvgIpc) is 3.16. The van der Waals surface area contributed by atoms with Gasteiger partial charge in [-0.25, -0.2) is 4.39 Å². The van der Waals surface area contributed by atoms with Gasteiger partial charge in [-0.15, -0.1) is 10.2 Å². The molecule has 30 heavy (non-hydrogen) atoms. The van der Waals surface area contributed by atoms with Gasteiger partial charge in [0.05, 0.1) is 11.5 Å². The summed E-state index contributed by atoms with van der Waals surface area (Å²) in [5.74, 6) is 0.635. The number of nitrogens with zero attached hydrogens (tertiary/aromatic N) is 2. The second kappa shape index (κ2) is 8.56. The van der Waals surface area contributed by atoms with Crippen LogP contribution in [0.4, 0.5) is 4.39 Å². The molecule has 1 unspecified atom stereocenters. The van der Waals surface area contributed by atoms with Crippen LogP contribution < -0.4 is 5.32 Å². The van der Waals surface area contributed by atoms with E-state index in [2.05, 4.69) is 15.5 Å². The van der Waals surface area contributed by atoms with Crippen LogP contribution in [0.1, 0.15) is 61.6 Å². The summed E-state index contributed by atoms with van der Waals surface area (Å²) in [4.78, 5) is 12.3. The molecule has 0 saturated heterocycles. The quantitative estimate of drug-likeness (QED) is 0.566. The first-order valence-corrected chi connectivity index (χ1v) is 10.5. The minimum absolute atomic E-state index is 0.123. The van der Waals surface area contributed by atoms with E-state index in [0.29, 0.717) is 23.2 Å². The Bertz CT molecular complexity index is 1010. The van der Waals surface area contributed by atoms with E-state index >= 15 is 0 Å². The lowest BCUT2D eigenvalue weighted by atomic mass is 9.64. The topological polar surface area (TPSA) is 68.0 Å². The van der Waals surface area contributed by atoms with E-state index in [1.807, 2.05) is 31.2 Å². The van der Waals surface area contributed by atoms with Crippen molar-refractivity contribution in [3.8, 4) is 0 Å². The Morgan fingerprint density at radius 3 is 2.50 bits per heavy atom. The molecule has 1 fully saturated rings. The van der Waals surface area contributed by atoms with Crippen molar-refractivity contribution >= 4 is 17.5 Å². The number of amides is 1. The van der Waals surface area contributed by atoms with Crippen molar-refractivity contribution in [1.82, 2.24) is 15.5 Å². The van der Waals surface area contributed by atoms with E-state index in [9.17, 15) is 9.18 Å². The Hall–Kier alpha value is -2.73. The summed E-state index contributed by atoms with van der Waals surface area (Å²) in [5, 5.41) is 12.1. The molecule has 0 bridgehead atoms. The molecule has 1 aliphatic rings. The first-order chi connectivity index (χ1) is 14.5. The molecule has 156 valence electrons. The molecule has 2 aromatic carbocycles. The van der Waals surface area contributed by atoms with Crippen LogP contribution in [-0.4, -0.2) is 16.1 Å². The lowest BCUT2D eigenvalue weighted by molar-refractivity contribution is -0.121. The number of hydrogen-bond donors (Lipinski definition) is 1. The molecular weight excluding hydrogens is 405 g/mol. The summed E-state index contributed by atoms with van der Waals surface area (Å²) in [6.07, 6.45) is 3.61. The second-order valence-corrected chi connectivity index (χ2v) is 8.22. The molecule has 1 aliphatic carbocycles. The van der Waals surface area contributed by atoms with Crippen molar-refractivity contribution in [2.24, 2.45) is 0 Å². The number of aromatic nitrogens is 2. The van der Waals surface area contributed by atoms with Gasteiger partial charge in [-0.3, -0.25) is 4.79 Å². The number of aryl methyl sites for hydroxylation is 1. The van der Waals surface area contributed by atoms with E-state index in [-0.39, 0.29) is 29.6 Å². The number of carbonyl (C=O) groups excluding carboxylic acids is 1. The van der Waals surface area contributed by atoms with E-state index < -0.39 is 0 Å². The monoisotopic (exact) mass is 427 g/mol. The SMILES string of the molecule is CC(NC(=O)CCc1nnc(C2(c3ccc(Cl)cc3)CCC2)o1)c1ccc(F)cc1. The highest BCUT2D eigenvalue weighted by molar-refractivity contribution is 6.30. The van der Waals surface area contributed by atoms with Gasteiger partial charge in [0.1, 0.15) is 5.82 Å². The number of nitrogens with one attached hydrogen (secondary N) is 1. The van der Waals surface area contributed by atoms with Crippen molar-refractivity contribution in [2.75, 3.05) is 0 Å².